The van der Waals surface area contributed by atoms with Crippen molar-refractivity contribution in [1.29, 1.82) is 0 Å². The van der Waals surface area contributed by atoms with Gasteiger partial charge in [-0.05, 0) is 40.2 Å². The fraction of sp³-hybridized carbons (Fsp3) is 0.111. The lowest BCUT2D eigenvalue weighted by Crippen LogP contribution is -2.00. The summed E-state index contributed by atoms with van der Waals surface area (Å²) in [5.74, 6) is 1.58. The number of benzene rings is 2. The highest BCUT2D eigenvalue weighted by molar-refractivity contribution is 9.10. The minimum Gasteiger partial charge on any atom is -0.493 e. The number of nitrogen functional groups attached to an aromatic ring is 1. The quantitative estimate of drug-likeness (QED) is 0.314. The first-order chi connectivity index (χ1) is 13.5. The Bertz CT molecular complexity index is 1010. The van der Waals surface area contributed by atoms with Crippen molar-refractivity contribution in [2.45, 2.75) is 6.61 Å². The average molecular weight is 502 g/mol. The molecule has 6 nitrogen and oxygen atoms in total. The zero-order valence-corrected chi connectivity index (χ0v) is 18.5. The lowest BCUT2D eigenvalue weighted by Gasteiger charge is -2.13. The first-order valence-corrected chi connectivity index (χ1v) is 10.3. The molecule has 1 heterocycles. The van der Waals surface area contributed by atoms with Crippen molar-refractivity contribution in [3.05, 3.63) is 61.4 Å². The number of thiazole rings is 1. The van der Waals surface area contributed by atoms with Gasteiger partial charge in [0.05, 0.1) is 13.3 Å². The number of nitrogens with zero attached hydrogens (tertiary/aromatic N) is 2. The van der Waals surface area contributed by atoms with Gasteiger partial charge in [0, 0.05) is 31.0 Å². The molecule has 0 saturated carbocycles. The van der Waals surface area contributed by atoms with Gasteiger partial charge in [0.25, 0.3) is 0 Å². The summed E-state index contributed by atoms with van der Waals surface area (Å²) in [6.45, 7) is 0.277. The second kappa shape index (κ2) is 9.47. The molecule has 10 heteroatoms. The van der Waals surface area contributed by atoms with Gasteiger partial charge in [-0.25, -0.2) is 4.98 Å². The molecule has 0 radical (unpaired) electrons. The van der Waals surface area contributed by atoms with Crippen LogP contribution in [-0.2, 0) is 6.61 Å². The van der Waals surface area contributed by atoms with Crippen molar-refractivity contribution in [1.82, 2.24) is 4.98 Å². The molecular weight excluding hydrogens is 487 g/mol. The van der Waals surface area contributed by atoms with Gasteiger partial charge in [0.2, 0.25) is 5.13 Å². The van der Waals surface area contributed by atoms with E-state index in [9.17, 15) is 0 Å². The molecular formula is C18H15BrCl2N4O2S. The van der Waals surface area contributed by atoms with Gasteiger partial charge in [-0.2, -0.15) is 5.10 Å². The minimum atomic E-state index is 0.277. The molecule has 0 fully saturated rings. The maximum absolute atomic E-state index is 6.19. The lowest BCUT2D eigenvalue weighted by atomic mass is 10.2. The molecule has 0 spiro atoms. The molecule has 3 N–H and O–H groups in total. The van der Waals surface area contributed by atoms with E-state index in [1.807, 2.05) is 18.2 Å². The Morgan fingerprint density at radius 2 is 2.11 bits per heavy atom. The van der Waals surface area contributed by atoms with Crippen molar-refractivity contribution in [2.75, 3.05) is 18.3 Å². The predicted octanol–water partition coefficient (Wildman–Crippen LogP) is 5.83. The minimum absolute atomic E-state index is 0.277. The van der Waals surface area contributed by atoms with E-state index in [0.29, 0.717) is 32.5 Å². The Balaban J connectivity index is 1.73. The number of hydrazone groups is 1. The lowest BCUT2D eigenvalue weighted by molar-refractivity contribution is 0.284. The zero-order chi connectivity index (χ0) is 20.1. The van der Waals surface area contributed by atoms with Crippen LogP contribution in [0.15, 0.2) is 45.3 Å². The van der Waals surface area contributed by atoms with Crippen molar-refractivity contribution in [3.63, 3.8) is 0 Å². The van der Waals surface area contributed by atoms with Gasteiger partial charge < -0.3 is 15.2 Å². The number of rotatable bonds is 7. The smallest absolute Gasteiger partial charge is 0.205 e. The van der Waals surface area contributed by atoms with E-state index >= 15 is 0 Å². The van der Waals surface area contributed by atoms with Crippen LogP contribution in [-0.4, -0.2) is 18.3 Å². The van der Waals surface area contributed by atoms with Gasteiger partial charge >= 0.3 is 0 Å². The third kappa shape index (κ3) is 5.29. The summed E-state index contributed by atoms with van der Waals surface area (Å²) in [6, 6.07) is 8.89. The molecule has 2 aromatic carbocycles. The van der Waals surface area contributed by atoms with Gasteiger partial charge in [-0.3, -0.25) is 5.43 Å². The molecule has 3 aromatic rings. The Morgan fingerprint density at radius 3 is 2.79 bits per heavy atom. The van der Waals surface area contributed by atoms with E-state index in [0.717, 1.165) is 15.6 Å². The highest BCUT2D eigenvalue weighted by Crippen LogP contribution is 2.34. The van der Waals surface area contributed by atoms with Crippen LogP contribution in [0.5, 0.6) is 11.5 Å². The molecule has 0 amide bonds. The van der Waals surface area contributed by atoms with Gasteiger partial charge in [0.1, 0.15) is 12.4 Å². The van der Waals surface area contributed by atoms with Crippen molar-refractivity contribution in [3.8, 4) is 11.5 Å². The molecule has 3 rings (SSSR count). The molecule has 0 saturated heterocycles. The normalized spacial score (nSPS) is 11.0. The van der Waals surface area contributed by atoms with Crippen LogP contribution < -0.4 is 20.6 Å². The molecule has 0 bridgehead atoms. The number of aromatic nitrogens is 1. The van der Waals surface area contributed by atoms with E-state index in [1.54, 1.807) is 30.8 Å². The number of methoxy groups -OCH3 is 1. The molecule has 1 aromatic heterocycles. The number of anilines is 2. The van der Waals surface area contributed by atoms with Crippen LogP contribution in [0.1, 0.15) is 11.1 Å². The van der Waals surface area contributed by atoms with Crippen LogP contribution in [0.25, 0.3) is 0 Å². The van der Waals surface area contributed by atoms with Crippen LogP contribution in [0.3, 0.4) is 0 Å². The topological polar surface area (TPSA) is 81.8 Å². The van der Waals surface area contributed by atoms with E-state index < -0.39 is 0 Å². The fourth-order valence-electron chi connectivity index (χ4n) is 2.21. The zero-order valence-electron chi connectivity index (χ0n) is 14.6. The summed E-state index contributed by atoms with van der Waals surface area (Å²) in [5.41, 5.74) is 10.0. The predicted molar refractivity (Wildman–Crippen MR) is 119 cm³/mol. The molecule has 0 aliphatic rings. The van der Waals surface area contributed by atoms with E-state index in [-0.39, 0.29) is 6.61 Å². The third-order valence-electron chi connectivity index (χ3n) is 3.57. The van der Waals surface area contributed by atoms with Crippen LogP contribution in [0, 0.1) is 0 Å². The van der Waals surface area contributed by atoms with E-state index in [1.165, 1.54) is 11.3 Å². The number of halogens is 3. The van der Waals surface area contributed by atoms with E-state index in [2.05, 4.69) is 31.4 Å². The second-order valence-corrected chi connectivity index (χ2v) is 8.05. The maximum atomic E-state index is 6.19. The van der Waals surface area contributed by atoms with Crippen LogP contribution in [0.4, 0.5) is 10.9 Å². The summed E-state index contributed by atoms with van der Waals surface area (Å²) < 4.78 is 12.1. The third-order valence-corrected chi connectivity index (χ3v) is 5.61. The van der Waals surface area contributed by atoms with Gasteiger partial charge in [0.15, 0.2) is 11.5 Å². The molecule has 0 aliphatic carbocycles. The summed E-state index contributed by atoms with van der Waals surface area (Å²) in [6.07, 6.45) is 1.64. The number of nitrogens with two attached hydrogens (primary N) is 1. The van der Waals surface area contributed by atoms with Crippen LogP contribution >= 0.6 is 50.5 Å². The summed E-state index contributed by atoms with van der Waals surface area (Å²) >= 11 is 17.0. The number of hydrogen-bond acceptors (Lipinski definition) is 7. The molecule has 0 atom stereocenters. The summed E-state index contributed by atoms with van der Waals surface area (Å²) in [5, 5.41) is 7.63. The van der Waals surface area contributed by atoms with Crippen molar-refractivity contribution < 1.29 is 9.47 Å². The molecule has 146 valence electrons. The van der Waals surface area contributed by atoms with Gasteiger partial charge in [-0.15, -0.1) is 11.3 Å². The second-order valence-electron chi connectivity index (χ2n) is 5.50. The first-order valence-electron chi connectivity index (χ1n) is 7.90. The summed E-state index contributed by atoms with van der Waals surface area (Å²) in [7, 11) is 1.57. The SMILES string of the molecule is COc1cc(C=NNc2nc(N)cs2)c(Br)cc1OCc1ccc(Cl)cc1Cl. The monoisotopic (exact) mass is 500 g/mol. The number of nitrogens with one attached hydrogen (secondary N) is 1. The highest BCUT2D eigenvalue weighted by atomic mass is 79.9. The largest absolute Gasteiger partial charge is 0.493 e. The fourth-order valence-corrected chi connectivity index (χ4v) is 3.65. The Labute approximate surface area is 184 Å². The highest BCUT2D eigenvalue weighted by Gasteiger charge is 2.11. The van der Waals surface area contributed by atoms with Crippen molar-refractivity contribution >= 4 is 67.6 Å². The Kier molecular flexibility index (Phi) is 7.01. The van der Waals surface area contributed by atoms with Crippen molar-refractivity contribution in [2.24, 2.45) is 5.10 Å². The van der Waals surface area contributed by atoms with Gasteiger partial charge in [-0.1, -0.05) is 29.3 Å². The molecule has 0 unspecified atom stereocenters. The van der Waals surface area contributed by atoms with E-state index in [4.69, 9.17) is 38.4 Å². The number of ether oxygens (including phenoxy) is 2. The molecule has 28 heavy (non-hydrogen) atoms. The Hall–Kier alpha value is -2.00. The van der Waals surface area contributed by atoms with Crippen LogP contribution in [0.2, 0.25) is 10.0 Å². The average Bonchev–Trinajstić information content (AvgIpc) is 3.07. The standard InChI is InChI=1S/C18H15BrCl2N4O2S/c1-26-15-4-11(7-23-25-18-24-17(22)9-28-18)13(19)6-16(15)27-8-10-2-3-12(20)5-14(10)21/h2-7,9H,8,22H2,1H3,(H,24,25). The summed E-state index contributed by atoms with van der Waals surface area (Å²) in [4.78, 5) is 4.07. The maximum Gasteiger partial charge on any atom is 0.205 e. The Morgan fingerprint density at radius 1 is 1.29 bits per heavy atom. The number of hydrogen-bond donors (Lipinski definition) is 2. The first kappa shape index (κ1) is 20.7. The molecule has 0 aliphatic heterocycles.